The van der Waals surface area contributed by atoms with Crippen LogP contribution < -0.4 is 20.8 Å². The lowest BCUT2D eigenvalue weighted by Crippen LogP contribution is -2.24. The monoisotopic (exact) mass is 429 g/mol. The zero-order valence-corrected chi connectivity index (χ0v) is 18.6. The molecule has 0 fully saturated rings. The van der Waals surface area contributed by atoms with Gasteiger partial charge < -0.3 is 15.2 Å². The number of hydrogen-bond donors (Lipinski definition) is 1. The topological polar surface area (TPSA) is 79.4 Å². The lowest BCUT2D eigenvalue weighted by Gasteiger charge is -2.15. The van der Waals surface area contributed by atoms with Crippen LogP contribution in [-0.2, 0) is 6.54 Å². The minimum Gasteiger partial charge on any atom is -0.497 e. The summed E-state index contributed by atoms with van der Waals surface area (Å²) in [5.41, 5.74) is 10.3. The van der Waals surface area contributed by atoms with Crippen LogP contribution in [0.5, 0.6) is 11.5 Å². The van der Waals surface area contributed by atoms with Gasteiger partial charge in [0.25, 0.3) is 5.56 Å². The standard InChI is InChI=1S/C26H27N3O3/c1-17-5-12-23-22(15-17)26(30)29(14-4-13-27)25(28-23)19-8-6-18(7-9-19)21-11-10-20(31-2)16-24(21)32-3/h5-12,15-16H,4,13-14,27H2,1-3H3. The average Bonchev–Trinajstić information content (AvgIpc) is 2.83. The third-order valence-electron chi connectivity index (χ3n) is 5.56. The van der Waals surface area contributed by atoms with Crippen molar-refractivity contribution in [3.8, 4) is 34.0 Å². The van der Waals surface area contributed by atoms with Crippen LogP contribution in [0, 0.1) is 6.92 Å². The maximum absolute atomic E-state index is 13.3. The van der Waals surface area contributed by atoms with Crippen LogP contribution in [0.3, 0.4) is 0 Å². The maximum atomic E-state index is 13.3. The third-order valence-corrected chi connectivity index (χ3v) is 5.56. The Labute approximate surface area is 187 Å². The van der Waals surface area contributed by atoms with Gasteiger partial charge in [0.05, 0.1) is 25.1 Å². The number of fused-ring (bicyclic) bond motifs is 1. The number of aromatic nitrogens is 2. The summed E-state index contributed by atoms with van der Waals surface area (Å²) in [7, 11) is 3.27. The number of benzene rings is 3. The van der Waals surface area contributed by atoms with Crippen LogP contribution in [0.15, 0.2) is 65.5 Å². The zero-order chi connectivity index (χ0) is 22.7. The van der Waals surface area contributed by atoms with E-state index in [1.807, 2.05) is 67.6 Å². The Morgan fingerprint density at radius 3 is 2.38 bits per heavy atom. The van der Waals surface area contributed by atoms with Gasteiger partial charge >= 0.3 is 0 Å². The highest BCUT2D eigenvalue weighted by Gasteiger charge is 2.14. The normalized spacial score (nSPS) is 11.0. The Morgan fingerprint density at radius 2 is 1.69 bits per heavy atom. The number of ether oxygens (including phenoxy) is 2. The zero-order valence-electron chi connectivity index (χ0n) is 18.6. The predicted octanol–water partition coefficient (Wildman–Crippen LogP) is 4.40. The fourth-order valence-electron chi connectivity index (χ4n) is 3.85. The number of aryl methyl sites for hydroxylation is 1. The Morgan fingerprint density at radius 1 is 0.938 bits per heavy atom. The van der Waals surface area contributed by atoms with Crippen molar-refractivity contribution in [3.05, 3.63) is 76.6 Å². The second-order valence-corrected chi connectivity index (χ2v) is 7.70. The van der Waals surface area contributed by atoms with E-state index in [-0.39, 0.29) is 5.56 Å². The second-order valence-electron chi connectivity index (χ2n) is 7.70. The summed E-state index contributed by atoms with van der Waals surface area (Å²) < 4.78 is 12.6. The van der Waals surface area contributed by atoms with Gasteiger partial charge in [0.2, 0.25) is 0 Å². The molecule has 0 amide bonds. The Hall–Kier alpha value is -3.64. The fraction of sp³-hybridized carbons (Fsp3) is 0.231. The van der Waals surface area contributed by atoms with Gasteiger partial charge in [-0.3, -0.25) is 9.36 Å². The molecule has 4 aromatic rings. The molecule has 164 valence electrons. The van der Waals surface area contributed by atoms with Gasteiger partial charge in [-0.25, -0.2) is 4.98 Å². The van der Waals surface area contributed by atoms with E-state index >= 15 is 0 Å². The van der Waals surface area contributed by atoms with Gasteiger partial charge in [-0.1, -0.05) is 35.9 Å². The van der Waals surface area contributed by atoms with Gasteiger partial charge in [-0.05, 0) is 49.7 Å². The number of methoxy groups -OCH3 is 2. The third kappa shape index (κ3) is 4.09. The molecule has 0 spiro atoms. The van der Waals surface area contributed by atoms with Crippen LogP contribution in [0.2, 0.25) is 0 Å². The molecule has 0 aliphatic heterocycles. The van der Waals surface area contributed by atoms with E-state index in [2.05, 4.69) is 0 Å². The van der Waals surface area contributed by atoms with Crippen molar-refractivity contribution >= 4 is 10.9 Å². The van der Waals surface area contributed by atoms with Gasteiger partial charge in [0, 0.05) is 23.7 Å². The van der Waals surface area contributed by atoms with E-state index in [1.54, 1.807) is 18.8 Å². The van der Waals surface area contributed by atoms with Crippen molar-refractivity contribution < 1.29 is 9.47 Å². The van der Waals surface area contributed by atoms with Crippen molar-refractivity contribution in [2.75, 3.05) is 20.8 Å². The summed E-state index contributed by atoms with van der Waals surface area (Å²) in [6, 6.07) is 19.5. The van der Waals surface area contributed by atoms with Crippen LogP contribution in [0.25, 0.3) is 33.4 Å². The van der Waals surface area contributed by atoms with E-state index in [0.29, 0.717) is 36.2 Å². The number of nitrogens with two attached hydrogens (primary N) is 1. The van der Waals surface area contributed by atoms with Crippen molar-refractivity contribution in [2.45, 2.75) is 19.9 Å². The van der Waals surface area contributed by atoms with E-state index < -0.39 is 0 Å². The minimum atomic E-state index is -0.0388. The van der Waals surface area contributed by atoms with Gasteiger partial charge in [-0.15, -0.1) is 0 Å². The molecule has 4 rings (SSSR count). The molecule has 2 N–H and O–H groups in total. The molecule has 6 nitrogen and oxygen atoms in total. The molecule has 32 heavy (non-hydrogen) atoms. The SMILES string of the molecule is COc1ccc(-c2ccc(-c3nc4ccc(C)cc4c(=O)n3CCCN)cc2)c(OC)c1. The summed E-state index contributed by atoms with van der Waals surface area (Å²) >= 11 is 0. The van der Waals surface area contributed by atoms with Crippen LogP contribution in [0.1, 0.15) is 12.0 Å². The highest BCUT2D eigenvalue weighted by molar-refractivity contribution is 5.81. The van der Waals surface area contributed by atoms with E-state index in [1.165, 1.54) is 0 Å². The number of hydrogen-bond acceptors (Lipinski definition) is 5. The van der Waals surface area contributed by atoms with E-state index in [9.17, 15) is 4.79 Å². The van der Waals surface area contributed by atoms with E-state index in [4.69, 9.17) is 20.2 Å². The molecule has 0 bridgehead atoms. The predicted molar refractivity (Wildman–Crippen MR) is 128 cm³/mol. The molecule has 0 aliphatic carbocycles. The minimum absolute atomic E-state index is 0.0388. The first-order valence-corrected chi connectivity index (χ1v) is 10.6. The van der Waals surface area contributed by atoms with Crippen LogP contribution in [-0.4, -0.2) is 30.3 Å². The molecule has 0 aliphatic rings. The first-order chi connectivity index (χ1) is 15.5. The Balaban J connectivity index is 1.81. The number of nitrogens with zero attached hydrogens (tertiary/aromatic N) is 2. The lowest BCUT2D eigenvalue weighted by molar-refractivity contribution is 0.395. The molecule has 0 radical (unpaired) electrons. The Kier molecular flexibility index (Phi) is 6.23. The fourth-order valence-corrected chi connectivity index (χ4v) is 3.85. The molecular formula is C26H27N3O3. The largest absolute Gasteiger partial charge is 0.497 e. The number of rotatable bonds is 7. The second kappa shape index (κ2) is 9.24. The van der Waals surface area contributed by atoms with Crippen LogP contribution in [0.4, 0.5) is 0 Å². The molecular weight excluding hydrogens is 402 g/mol. The molecule has 0 atom stereocenters. The molecule has 1 aromatic heterocycles. The molecule has 6 heteroatoms. The summed E-state index contributed by atoms with van der Waals surface area (Å²) in [4.78, 5) is 18.1. The average molecular weight is 430 g/mol. The lowest BCUT2D eigenvalue weighted by atomic mass is 10.0. The van der Waals surface area contributed by atoms with Crippen molar-refractivity contribution in [3.63, 3.8) is 0 Å². The first-order valence-electron chi connectivity index (χ1n) is 10.6. The summed E-state index contributed by atoms with van der Waals surface area (Å²) in [6.07, 6.45) is 0.701. The van der Waals surface area contributed by atoms with E-state index in [0.717, 1.165) is 33.8 Å². The summed E-state index contributed by atoms with van der Waals surface area (Å²) in [5, 5.41) is 0.630. The highest BCUT2D eigenvalue weighted by atomic mass is 16.5. The molecule has 3 aromatic carbocycles. The molecule has 1 heterocycles. The highest BCUT2D eigenvalue weighted by Crippen LogP contribution is 2.34. The van der Waals surface area contributed by atoms with Crippen molar-refractivity contribution in [2.24, 2.45) is 5.73 Å². The molecule has 0 saturated heterocycles. The quantitative estimate of drug-likeness (QED) is 0.471. The van der Waals surface area contributed by atoms with Crippen LogP contribution >= 0.6 is 0 Å². The molecule has 0 unspecified atom stereocenters. The molecule has 0 saturated carbocycles. The van der Waals surface area contributed by atoms with Gasteiger partial charge in [0.15, 0.2) is 0 Å². The smallest absolute Gasteiger partial charge is 0.261 e. The van der Waals surface area contributed by atoms with Gasteiger partial charge in [-0.2, -0.15) is 0 Å². The summed E-state index contributed by atoms with van der Waals surface area (Å²) in [5.74, 6) is 2.12. The summed E-state index contributed by atoms with van der Waals surface area (Å²) in [6.45, 7) is 3.01. The van der Waals surface area contributed by atoms with Crippen molar-refractivity contribution in [1.82, 2.24) is 9.55 Å². The first kappa shape index (κ1) is 21.6. The van der Waals surface area contributed by atoms with Crippen molar-refractivity contribution in [1.29, 1.82) is 0 Å². The van der Waals surface area contributed by atoms with Gasteiger partial charge in [0.1, 0.15) is 17.3 Å². The Bertz CT molecular complexity index is 1310. The maximum Gasteiger partial charge on any atom is 0.261 e.